The van der Waals surface area contributed by atoms with Crippen molar-refractivity contribution in [1.29, 1.82) is 0 Å². The number of pyridine rings is 1. The standard InChI is InChI=1S/C26H31N7O4.C3H8O.CH2O/c1-3-36-26(34)32-25(27-2)31-23-6-5-19(16-22(23)24-29-7-4-8-30-24)20-15-21(18-28-17-20)37-14-11-33-9-12-35-13-10-33;1-3-4-2;1-2/h4-8,15-18H,3,9-14H2,1-2H3,(H2,27,31,32,34);3H2,1-2H3;1H2. The zero-order chi connectivity index (χ0) is 31.3. The Morgan fingerprint density at radius 1 is 1.07 bits per heavy atom. The molecule has 3 aromatic rings. The van der Waals surface area contributed by atoms with Crippen molar-refractivity contribution in [2.24, 2.45) is 4.99 Å². The highest BCUT2D eigenvalue weighted by molar-refractivity contribution is 6.04. The number of carbonyl (C=O) groups is 2. The summed E-state index contributed by atoms with van der Waals surface area (Å²) in [6.45, 7) is 11.6. The molecule has 1 aliphatic heterocycles. The predicted molar refractivity (Wildman–Crippen MR) is 165 cm³/mol. The molecule has 13 nitrogen and oxygen atoms in total. The van der Waals surface area contributed by atoms with Crippen molar-refractivity contribution in [1.82, 2.24) is 25.2 Å². The van der Waals surface area contributed by atoms with Crippen molar-refractivity contribution in [2.45, 2.75) is 13.8 Å². The molecule has 2 aromatic heterocycles. The summed E-state index contributed by atoms with van der Waals surface area (Å²) in [5.41, 5.74) is 3.19. The van der Waals surface area contributed by atoms with Crippen LogP contribution in [0.3, 0.4) is 0 Å². The number of aliphatic imine (C=N–C) groups is 1. The summed E-state index contributed by atoms with van der Waals surface area (Å²) in [7, 11) is 3.25. The van der Waals surface area contributed by atoms with E-state index in [1.54, 1.807) is 51.9 Å². The van der Waals surface area contributed by atoms with Gasteiger partial charge in [-0.05, 0) is 43.7 Å². The second-order valence-electron chi connectivity index (χ2n) is 8.66. The van der Waals surface area contributed by atoms with Gasteiger partial charge in [0.15, 0.2) is 5.82 Å². The third-order valence-electron chi connectivity index (χ3n) is 5.91. The predicted octanol–water partition coefficient (Wildman–Crippen LogP) is 3.53. The van der Waals surface area contributed by atoms with Crippen LogP contribution in [0.5, 0.6) is 5.75 Å². The second kappa shape index (κ2) is 20.4. The van der Waals surface area contributed by atoms with E-state index >= 15 is 0 Å². The van der Waals surface area contributed by atoms with Gasteiger partial charge in [-0.15, -0.1) is 0 Å². The van der Waals surface area contributed by atoms with Crippen LogP contribution >= 0.6 is 0 Å². The van der Waals surface area contributed by atoms with Crippen LogP contribution in [-0.2, 0) is 19.0 Å². The van der Waals surface area contributed by atoms with Gasteiger partial charge in [0.25, 0.3) is 0 Å². The third kappa shape index (κ3) is 12.1. The van der Waals surface area contributed by atoms with Gasteiger partial charge in [0, 0.05) is 70.1 Å². The van der Waals surface area contributed by atoms with Gasteiger partial charge in [0.1, 0.15) is 19.1 Å². The number of guanidine groups is 1. The van der Waals surface area contributed by atoms with Gasteiger partial charge in [-0.1, -0.05) is 6.07 Å². The average molecular weight is 596 g/mol. The Labute approximate surface area is 252 Å². The monoisotopic (exact) mass is 595 g/mol. The van der Waals surface area contributed by atoms with Gasteiger partial charge in [-0.3, -0.25) is 20.2 Å². The minimum absolute atomic E-state index is 0.237. The summed E-state index contributed by atoms with van der Waals surface area (Å²) in [6, 6.07) is 9.50. The number of methoxy groups -OCH3 is 1. The van der Waals surface area contributed by atoms with Crippen LogP contribution in [0.15, 0.2) is 60.1 Å². The number of anilines is 1. The zero-order valence-electron chi connectivity index (χ0n) is 25.2. The number of rotatable bonds is 9. The molecule has 0 unspecified atom stereocenters. The van der Waals surface area contributed by atoms with E-state index in [4.69, 9.17) is 19.0 Å². The summed E-state index contributed by atoms with van der Waals surface area (Å²) in [4.78, 5) is 39.5. The fourth-order valence-corrected chi connectivity index (χ4v) is 3.76. The Balaban J connectivity index is 0.000000993. The number of benzene rings is 1. The minimum atomic E-state index is -0.596. The Hall–Kier alpha value is -4.46. The number of alkyl carbamates (subject to hydrolysis) is 1. The van der Waals surface area contributed by atoms with Crippen molar-refractivity contribution in [3.63, 3.8) is 0 Å². The first-order chi connectivity index (χ1) is 21.1. The lowest BCUT2D eigenvalue weighted by Gasteiger charge is -2.26. The number of nitrogens with zero attached hydrogens (tertiary/aromatic N) is 5. The van der Waals surface area contributed by atoms with E-state index in [1.165, 1.54) is 0 Å². The molecule has 232 valence electrons. The summed E-state index contributed by atoms with van der Waals surface area (Å²) in [5.74, 6) is 1.45. The number of carbonyl (C=O) groups excluding carboxylic acids is 2. The number of morpholine rings is 1. The van der Waals surface area contributed by atoms with Crippen LogP contribution in [-0.4, -0.2) is 106 Å². The van der Waals surface area contributed by atoms with E-state index in [2.05, 4.69) is 40.2 Å². The van der Waals surface area contributed by atoms with Gasteiger partial charge in [0.05, 0.1) is 31.7 Å². The zero-order valence-corrected chi connectivity index (χ0v) is 25.2. The van der Waals surface area contributed by atoms with Gasteiger partial charge in [-0.2, -0.15) is 0 Å². The number of ether oxygens (including phenoxy) is 4. The highest BCUT2D eigenvalue weighted by atomic mass is 16.5. The van der Waals surface area contributed by atoms with Crippen molar-refractivity contribution in [3.8, 4) is 28.3 Å². The maximum atomic E-state index is 11.9. The van der Waals surface area contributed by atoms with Gasteiger partial charge in [-0.25, -0.2) is 14.8 Å². The van der Waals surface area contributed by atoms with Crippen LogP contribution < -0.4 is 15.4 Å². The first-order valence-electron chi connectivity index (χ1n) is 13.8. The molecule has 13 heteroatoms. The van der Waals surface area contributed by atoms with E-state index in [1.807, 2.05) is 38.0 Å². The first kappa shape index (κ1) is 34.7. The third-order valence-corrected chi connectivity index (χ3v) is 5.91. The Bertz CT molecular complexity index is 1250. The lowest BCUT2D eigenvalue weighted by Crippen LogP contribution is -2.38. The Kier molecular flexibility index (Phi) is 16.5. The van der Waals surface area contributed by atoms with Gasteiger partial charge in [0.2, 0.25) is 5.96 Å². The van der Waals surface area contributed by atoms with Crippen molar-refractivity contribution in [3.05, 3.63) is 55.1 Å². The minimum Gasteiger partial charge on any atom is -0.491 e. The lowest BCUT2D eigenvalue weighted by atomic mass is 10.0. The van der Waals surface area contributed by atoms with Crippen LogP contribution in [0.1, 0.15) is 13.8 Å². The number of aromatic nitrogens is 3. The highest BCUT2D eigenvalue weighted by Crippen LogP contribution is 2.32. The Morgan fingerprint density at radius 3 is 2.44 bits per heavy atom. The summed E-state index contributed by atoms with van der Waals surface area (Å²) >= 11 is 0. The van der Waals surface area contributed by atoms with E-state index in [0.29, 0.717) is 23.9 Å². The van der Waals surface area contributed by atoms with Crippen LogP contribution in [0.4, 0.5) is 10.5 Å². The summed E-state index contributed by atoms with van der Waals surface area (Å²) in [5, 5.41) is 5.73. The SMILES string of the molecule is C=O.CCOC.CCOC(=O)NC(=NC)Nc1ccc(-c2cncc(OCCN3CCOCC3)c2)cc1-c1ncccn1. The number of nitrogens with one attached hydrogen (secondary N) is 2. The lowest BCUT2D eigenvalue weighted by molar-refractivity contribution is -0.0980. The molecule has 1 aromatic carbocycles. The van der Waals surface area contributed by atoms with Crippen LogP contribution in [0.2, 0.25) is 0 Å². The molecule has 0 bridgehead atoms. The van der Waals surface area contributed by atoms with Crippen molar-refractivity contribution in [2.75, 3.05) is 72.1 Å². The van der Waals surface area contributed by atoms with E-state index in [-0.39, 0.29) is 12.6 Å². The molecule has 0 saturated carbocycles. The molecule has 4 rings (SSSR count). The van der Waals surface area contributed by atoms with E-state index in [0.717, 1.165) is 56.1 Å². The van der Waals surface area contributed by atoms with Crippen LogP contribution in [0, 0.1) is 0 Å². The fourth-order valence-electron chi connectivity index (χ4n) is 3.76. The number of hydrogen-bond donors (Lipinski definition) is 2. The molecular weight excluding hydrogens is 554 g/mol. The van der Waals surface area contributed by atoms with Crippen molar-refractivity contribution < 1.29 is 28.5 Å². The van der Waals surface area contributed by atoms with Gasteiger partial charge < -0.3 is 29.1 Å². The average Bonchev–Trinajstić information content (AvgIpc) is 3.07. The molecular formula is C30H41N7O6. The van der Waals surface area contributed by atoms with E-state index in [9.17, 15) is 4.79 Å². The Morgan fingerprint density at radius 2 is 1.79 bits per heavy atom. The highest BCUT2D eigenvalue weighted by Gasteiger charge is 2.14. The maximum Gasteiger partial charge on any atom is 0.413 e. The molecule has 0 radical (unpaired) electrons. The summed E-state index contributed by atoms with van der Waals surface area (Å²) < 4.78 is 20.9. The molecule has 1 aliphatic rings. The topological polar surface area (TPSA) is 149 Å². The number of hydrogen-bond acceptors (Lipinski definition) is 11. The largest absolute Gasteiger partial charge is 0.491 e. The summed E-state index contributed by atoms with van der Waals surface area (Å²) in [6.07, 6.45) is 6.25. The molecule has 0 aliphatic carbocycles. The number of amides is 1. The molecule has 0 spiro atoms. The molecule has 3 heterocycles. The van der Waals surface area contributed by atoms with Crippen molar-refractivity contribution >= 4 is 24.5 Å². The normalized spacial score (nSPS) is 13.0. The molecule has 1 amide bonds. The fraction of sp³-hybridized carbons (Fsp3) is 0.400. The smallest absolute Gasteiger partial charge is 0.413 e. The van der Waals surface area contributed by atoms with Crippen LogP contribution in [0.25, 0.3) is 22.5 Å². The van der Waals surface area contributed by atoms with Gasteiger partial charge >= 0.3 is 6.09 Å². The van der Waals surface area contributed by atoms with E-state index < -0.39 is 6.09 Å². The molecule has 1 saturated heterocycles. The molecule has 1 fully saturated rings. The maximum absolute atomic E-state index is 11.9. The first-order valence-corrected chi connectivity index (χ1v) is 13.8. The molecule has 2 N–H and O–H groups in total. The molecule has 0 atom stereocenters. The molecule has 43 heavy (non-hydrogen) atoms. The second-order valence-corrected chi connectivity index (χ2v) is 8.66. The quantitative estimate of drug-likeness (QED) is 0.276.